The predicted molar refractivity (Wildman–Crippen MR) is 73.1 cm³/mol. The third-order valence-corrected chi connectivity index (χ3v) is 4.81. The molecule has 0 aromatic carbocycles. The zero-order chi connectivity index (χ0) is 11.8. The number of thioether (sulfide) groups is 1. The molecule has 0 aromatic heterocycles. The van der Waals surface area contributed by atoms with Crippen LogP contribution in [0.15, 0.2) is 0 Å². The molecule has 0 aromatic rings. The summed E-state index contributed by atoms with van der Waals surface area (Å²) in [5.74, 6) is 0. The highest BCUT2D eigenvalue weighted by Crippen LogP contribution is 2.19. The summed E-state index contributed by atoms with van der Waals surface area (Å²) in [4.78, 5) is 0. The van der Waals surface area contributed by atoms with Crippen LogP contribution < -0.4 is 5.32 Å². The summed E-state index contributed by atoms with van der Waals surface area (Å²) in [6.07, 6.45) is 11.7. The smallest absolute Gasteiger partial charge is 0.0564 e. The van der Waals surface area contributed by atoms with Gasteiger partial charge in [0.1, 0.15) is 0 Å². The predicted octanol–water partition coefficient (Wildman–Crippen LogP) is 2.80. The van der Waals surface area contributed by atoms with Crippen LogP contribution in [0.25, 0.3) is 0 Å². The minimum atomic E-state index is 0.280. The van der Waals surface area contributed by atoms with Crippen molar-refractivity contribution in [1.82, 2.24) is 5.32 Å². The summed E-state index contributed by atoms with van der Waals surface area (Å²) in [7, 11) is 0. The summed E-state index contributed by atoms with van der Waals surface area (Å²) >= 11 is 1.76. The zero-order valence-corrected chi connectivity index (χ0v) is 11.6. The first-order chi connectivity index (χ1) is 7.77. The summed E-state index contributed by atoms with van der Waals surface area (Å²) < 4.78 is 0. The number of hydrogen-bond donors (Lipinski definition) is 2. The second kappa shape index (κ2) is 8.37. The number of aliphatic hydroxyl groups excluding tert-OH is 1. The molecule has 16 heavy (non-hydrogen) atoms. The van der Waals surface area contributed by atoms with Gasteiger partial charge in [0.25, 0.3) is 0 Å². The molecular weight excluding hydrogens is 218 g/mol. The molecule has 2 nitrogen and oxygen atoms in total. The normalized spacial score (nSPS) is 23.4. The standard InChI is InChI=1S/C13H27NOS/c1-11(13(10-15)16-2)14-12-8-6-4-3-5-7-9-12/h11-15H,3-10H2,1-2H3. The van der Waals surface area contributed by atoms with Gasteiger partial charge in [-0.2, -0.15) is 11.8 Å². The van der Waals surface area contributed by atoms with E-state index in [1.165, 1.54) is 44.9 Å². The number of aliphatic hydroxyl groups is 1. The highest BCUT2D eigenvalue weighted by molar-refractivity contribution is 7.99. The molecule has 1 aliphatic rings. The summed E-state index contributed by atoms with van der Waals surface area (Å²) in [6.45, 7) is 2.48. The van der Waals surface area contributed by atoms with E-state index in [0.29, 0.717) is 17.3 Å². The second-order valence-electron chi connectivity index (χ2n) is 4.95. The lowest BCUT2D eigenvalue weighted by molar-refractivity contribution is 0.263. The molecule has 0 radical (unpaired) electrons. The fourth-order valence-electron chi connectivity index (χ4n) is 2.54. The molecule has 1 fully saturated rings. The van der Waals surface area contributed by atoms with Crippen molar-refractivity contribution in [3.63, 3.8) is 0 Å². The van der Waals surface area contributed by atoms with E-state index in [2.05, 4.69) is 18.5 Å². The van der Waals surface area contributed by atoms with Gasteiger partial charge in [0.05, 0.1) is 6.61 Å². The molecule has 1 aliphatic carbocycles. The Morgan fingerprint density at radius 1 is 1.19 bits per heavy atom. The fraction of sp³-hybridized carbons (Fsp3) is 1.00. The summed E-state index contributed by atoms with van der Waals surface area (Å²) in [5.41, 5.74) is 0. The van der Waals surface area contributed by atoms with Crippen molar-refractivity contribution >= 4 is 11.8 Å². The van der Waals surface area contributed by atoms with Crippen molar-refractivity contribution in [1.29, 1.82) is 0 Å². The minimum absolute atomic E-state index is 0.280. The topological polar surface area (TPSA) is 32.3 Å². The average molecular weight is 245 g/mol. The van der Waals surface area contributed by atoms with Crippen molar-refractivity contribution < 1.29 is 5.11 Å². The summed E-state index contributed by atoms with van der Waals surface area (Å²) in [5, 5.41) is 13.3. The largest absolute Gasteiger partial charge is 0.395 e. The number of nitrogens with one attached hydrogen (secondary N) is 1. The van der Waals surface area contributed by atoms with E-state index < -0.39 is 0 Å². The lowest BCUT2D eigenvalue weighted by Crippen LogP contribution is -2.43. The first-order valence-corrected chi connectivity index (χ1v) is 7.96. The molecule has 1 rings (SSSR count). The van der Waals surface area contributed by atoms with Crippen LogP contribution in [-0.2, 0) is 0 Å². The van der Waals surface area contributed by atoms with Gasteiger partial charge in [0.2, 0.25) is 0 Å². The lowest BCUT2D eigenvalue weighted by atomic mass is 9.96. The van der Waals surface area contributed by atoms with Crippen LogP contribution in [0, 0.1) is 0 Å². The van der Waals surface area contributed by atoms with E-state index in [-0.39, 0.29) is 6.61 Å². The van der Waals surface area contributed by atoms with Crippen molar-refractivity contribution in [2.45, 2.75) is 69.2 Å². The van der Waals surface area contributed by atoms with Crippen molar-refractivity contribution in [3.8, 4) is 0 Å². The molecule has 0 bridgehead atoms. The first kappa shape index (κ1) is 14.3. The Kier molecular flexibility index (Phi) is 7.50. The molecule has 0 spiro atoms. The van der Waals surface area contributed by atoms with Crippen LogP contribution in [0.3, 0.4) is 0 Å². The quantitative estimate of drug-likeness (QED) is 0.781. The minimum Gasteiger partial charge on any atom is -0.395 e. The molecule has 0 heterocycles. The van der Waals surface area contributed by atoms with Crippen LogP contribution in [0.1, 0.15) is 51.9 Å². The fourth-order valence-corrected chi connectivity index (χ4v) is 3.17. The lowest BCUT2D eigenvalue weighted by Gasteiger charge is -2.28. The molecule has 2 atom stereocenters. The van der Waals surface area contributed by atoms with E-state index in [1.807, 2.05) is 0 Å². The first-order valence-electron chi connectivity index (χ1n) is 6.67. The van der Waals surface area contributed by atoms with Gasteiger partial charge in [0.15, 0.2) is 0 Å². The van der Waals surface area contributed by atoms with Gasteiger partial charge in [-0.15, -0.1) is 0 Å². The molecular formula is C13H27NOS. The van der Waals surface area contributed by atoms with Gasteiger partial charge in [-0.25, -0.2) is 0 Å². The Hall–Kier alpha value is 0.270. The van der Waals surface area contributed by atoms with Crippen molar-refractivity contribution in [3.05, 3.63) is 0 Å². The van der Waals surface area contributed by atoms with Gasteiger partial charge < -0.3 is 10.4 Å². The molecule has 1 saturated carbocycles. The monoisotopic (exact) mass is 245 g/mol. The average Bonchev–Trinajstić information content (AvgIpc) is 2.23. The highest BCUT2D eigenvalue weighted by Gasteiger charge is 2.19. The molecule has 96 valence electrons. The van der Waals surface area contributed by atoms with Gasteiger partial charge in [-0.05, 0) is 26.0 Å². The van der Waals surface area contributed by atoms with Gasteiger partial charge in [-0.3, -0.25) is 0 Å². The van der Waals surface area contributed by atoms with Gasteiger partial charge >= 0.3 is 0 Å². The van der Waals surface area contributed by atoms with Crippen LogP contribution in [-0.4, -0.2) is 35.3 Å². The maximum atomic E-state index is 9.27. The molecule has 2 unspecified atom stereocenters. The van der Waals surface area contributed by atoms with Crippen molar-refractivity contribution in [2.75, 3.05) is 12.9 Å². The molecule has 0 amide bonds. The van der Waals surface area contributed by atoms with Crippen molar-refractivity contribution in [2.24, 2.45) is 0 Å². The highest BCUT2D eigenvalue weighted by atomic mass is 32.2. The summed E-state index contributed by atoms with van der Waals surface area (Å²) in [6, 6.07) is 1.10. The molecule has 0 aliphatic heterocycles. The van der Waals surface area contributed by atoms with E-state index in [4.69, 9.17) is 0 Å². The maximum Gasteiger partial charge on any atom is 0.0564 e. The van der Waals surface area contributed by atoms with Crippen LogP contribution in [0.5, 0.6) is 0 Å². The number of hydrogen-bond acceptors (Lipinski definition) is 3. The van der Waals surface area contributed by atoms with Gasteiger partial charge in [-0.1, -0.05) is 32.1 Å². The Bertz CT molecular complexity index is 165. The van der Waals surface area contributed by atoms with E-state index in [1.54, 1.807) is 11.8 Å². The zero-order valence-electron chi connectivity index (χ0n) is 10.7. The Balaban J connectivity index is 2.32. The van der Waals surface area contributed by atoms with Crippen LogP contribution in [0.2, 0.25) is 0 Å². The SMILES string of the molecule is CSC(CO)C(C)NC1CCCCCCC1. The second-order valence-corrected chi connectivity index (χ2v) is 6.03. The number of rotatable bonds is 5. The van der Waals surface area contributed by atoms with Crippen LogP contribution >= 0.6 is 11.8 Å². The third kappa shape index (κ3) is 5.07. The van der Waals surface area contributed by atoms with Gasteiger partial charge in [0, 0.05) is 17.3 Å². The Labute approximate surface area is 105 Å². The molecule has 3 heteroatoms. The maximum absolute atomic E-state index is 9.27. The Morgan fingerprint density at radius 3 is 2.25 bits per heavy atom. The third-order valence-electron chi connectivity index (χ3n) is 3.64. The molecule has 0 saturated heterocycles. The van der Waals surface area contributed by atoms with E-state index in [9.17, 15) is 5.11 Å². The Morgan fingerprint density at radius 2 is 1.75 bits per heavy atom. The van der Waals surface area contributed by atoms with E-state index >= 15 is 0 Å². The van der Waals surface area contributed by atoms with Crippen LogP contribution in [0.4, 0.5) is 0 Å². The van der Waals surface area contributed by atoms with E-state index in [0.717, 1.165) is 0 Å². The molecule has 2 N–H and O–H groups in total.